The molecule has 1 unspecified atom stereocenters. The van der Waals surface area contributed by atoms with E-state index in [9.17, 15) is 29.6 Å². The van der Waals surface area contributed by atoms with Gasteiger partial charge in [0.2, 0.25) is 0 Å². The third kappa shape index (κ3) is 4.56. The summed E-state index contributed by atoms with van der Waals surface area (Å²) in [6.45, 7) is 7.71. The minimum absolute atomic E-state index is 0.0356. The molecule has 1 heterocycles. The highest BCUT2D eigenvalue weighted by Gasteiger charge is 2.40. The Labute approximate surface area is 173 Å². The van der Waals surface area contributed by atoms with E-state index in [1.54, 1.807) is 27.7 Å². The Kier molecular flexibility index (Phi) is 6.76. The number of nitro groups is 1. The van der Waals surface area contributed by atoms with E-state index in [-0.39, 0.29) is 40.4 Å². The van der Waals surface area contributed by atoms with E-state index in [0.717, 1.165) is 0 Å². The van der Waals surface area contributed by atoms with Crippen molar-refractivity contribution in [2.24, 2.45) is 0 Å². The molecule has 9 nitrogen and oxygen atoms in total. The van der Waals surface area contributed by atoms with Gasteiger partial charge < -0.3 is 14.7 Å². The molecule has 0 fully saturated rings. The predicted molar refractivity (Wildman–Crippen MR) is 107 cm³/mol. The Morgan fingerprint density at radius 3 is 2.30 bits per heavy atom. The molecular formula is C21H24N2O7. The Bertz CT molecular complexity index is 975. The van der Waals surface area contributed by atoms with Crippen molar-refractivity contribution in [3.8, 4) is 0 Å². The van der Waals surface area contributed by atoms with E-state index in [4.69, 9.17) is 4.74 Å². The first kappa shape index (κ1) is 22.8. The molecule has 30 heavy (non-hydrogen) atoms. The van der Waals surface area contributed by atoms with Gasteiger partial charge in [-0.05, 0) is 40.2 Å². The average Bonchev–Trinajstić information content (AvgIpc) is 2.63. The number of carboxylic acid groups (broad SMARTS) is 1. The van der Waals surface area contributed by atoms with Crippen LogP contribution in [0.25, 0.3) is 0 Å². The van der Waals surface area contributed by atoms with Crippen LogP contribution in [0.15, 0.2) is 46.8 Å². The molecule has 1 N–H and O–H groups in total. The number of nitrogens with zero attached hydrogens (tertiary/aromatic N) is 2. The van der Waals surface area contributed by atoms with Gasteiger partial charge in [0.1, 0.15) is 5.78 Å². The molecule has 0 bridgehead atoms. The summed E-state index contributed by atoms with van der Waals surface area (Å²) in [5.74, 6) is -3.33. The Morgan fingerprint density at radius 1 is 1.20 bits per heavy atom. The van der Waals surface area contributed by atoms with Crippen LogP contribution in [0.5, 0.6) is 0 Å². The zero-order valence-corrected chi connectivity index (χ0v) is 17.5. The number of carbonyl (C=O) groups excluding carboxylic acids is 2. The van der Waals surface area contributed by atoms with Crippen molar-refractivity contribution in [2.45, 2.75) is 46.6 Å². The van der Waals surface area contributed by atoms with E-state index in [2.05, 4.69) is 0 Å². The lowest BCUT2D eigenvalue weighted by Crippen LogP contribution is -2.37. The van der Waals surface area contributed by atoms with Gasteiger partial charge in [-0.25, -0.2) is 9.59 Å². The van der Waals surface area contributed by atoms with Crippen LogP contribution in [-0.2, 0) is 19.1 Å². The van der Waals surface area contributed by atoms with Gasteiger partial charge in [-0.2, -0.15) is 0 Å². The first-order valence-corrected chi connectivity index (χ1v) is 9.32. The lowest BCUT2D eigenvalue weighted by molar-refractivity contribution is -0.384. The maximum atomic E-state index is 13.0. The summed E-state index contributed by atoms with van der Waals surface area (Å²) >= 11 is 0. The summed E-state index contributed by atoms with van der Waals surface area (Å²) in [6.07, 6.45) is -0.468. The largest absolute Gasteiger partial charge is 0.478 e. The lowest BCUT2D eigenvalue weighted by Gasteiger charge is -2.37. The number of nitro benzene ring substituents is 1. The number of aliphatic carboxylic acids is 1. The number of ether oxygens (including phenoxy) is 1. The topological polar surface area (TPSA) is 127 Å². The fourth-order valence-electron chi connectivity index (χ4n) is 3.54. The van der Waals surface area contributed by atoms with Crippen LogP contribution < -0.4 is 0 Å². The number of Topliss-reactive ketones (excluding diaryl/α,β-unsaturated/α-hetero) is 1. The van der Waals surface area contributed by atoms with Gasteiger partial charge in [0, 0.05) is 23.5 Å². The normalized spacial score (nSPS) is 16.7. The molecule has 1 aliphatic heterocycles. The van der Waals surface area contributed by atoms with E-state index in [0.29, 0.717) is 5.70 Å². The summed E-state index contributed by atoms with van der Waals surface area (Å²) < 4.78 is 5.35. The fraction of sp³-hybridized carbons (Fsp3) is 0.381. The van der Waals surface area contributed by atoms with Gasteiger partial charge in [0.05, 0.1) is 34.6 Å². The number of hydrogen-bond donors (Lipinski definition) is 1. The molecule has 0 aromatic heterocycles. The number of ketones is 1. The Balaban J connectivity index is 2.81. The first-order chi connectivity index (χ1) is 14.0. The maximum absolute atomic E-state index is 13.0. The summed E-state index contributed by atoms with van der Waals surface area (Å²) in [4.78, 5) is 49.1. The molecule has 1 aromatic rings. The molecule has 1 aromatic carbocycles. The zero-order valence-electron chi connectivity index (χ0n) is 17.5. The monoisotopic (exact) mass is 416 g/mol. The number of benzene rings is 1. The first-order valence-electron chi connectivity index (χ1n) is 9.32. The van der Waals surface area contributed by atoms with E-state index in [1.165, 1.54) is 36.1 Å². The fourth-order valence-corrected chi connectivity index (χ4v) is 3.54. The second-order valence-electron chi connectivity index (χ2n) is 7.33. The van der Waals surface area contributed by atoms with Crippen LogP contribution in [0.2, 0.25) is 0 Å². The van der Waals surface area contributed by atoms with Crippen molar-refractivity contribution in [1.82, 2.24) is 4.90 Å². The molecule has 0 saturated carbocycles. The summed E-state index contributed by atoms with van der Waals surface area (Å²) in [5, 5.41) is 21.2. The van der Waals surface area contributed by atoms with Crippen molar-refractivity contribution in [1.29, 1.82) is 0 Å². The van der Waals surface area contributed by atoms with Crippen molar-refractivity contribution in [3.63, 3.8) is 0 Å². The molecule has 160 valence electrons. The van der Waals surface area contributed by atoms with Crippen molar-refractivity contribution >= 4 is 23.4 Å². The standard InChI is InChI=1S/C21H24N2O7/c1-11(2)30-21(27)18-14(5)22(10-12(3)24)13(4)17(20(25)26)19(18)15-7-6-8-16(9-15)23(28)29/h6-9,11,19H,10H2,1-5H3,(H,25,26). The molecule has 2 rings (SSSR count). The molecule has 9 heteroatoms. The summed E-state index contributed by atoms with van der Waals surface area (Å²) in [6, 6.07) is 5.50. The van der Waals surface area contributed by atoms with Crippen LogP contribution in [0.4, 0.5) is 5.69 Å². The molecule has 1 aliphatic rings. The minimum atomic E-state index is -1.29. The van der Waals surface area contributed by atoms with Crippen molar-refractivity contribution in [3.05, 3.63) is 62.5 Å². The molecule has 0 radical (unpaired) electrons. The number of hydrogen-bond acceptors (Lipinski definition) is 7. The zero-order chi connectivity index (χ0) is 22.7. The van der Waals surface area contributed by atoms with E-state index in [1.807, 2.05) is 0 Å². The van der Waals surface area contributed by atoms with E-state index < -0.39 is 28.9 Å². The number of esters is 1. The molecule has 0 saturated heterocycles. The SMILES string of the molecule is CC(=O)CN1C(C)=C(C(=O)O)C(c2cccc([N+](=O)[O-])c2)C(C(=O)OC(C)C)=C1C. The van der Waals surface area contributed by atoms with Crippen molar-refractivity contribution < 1.29 is 29.2 Å². The second kappa shape index (κ2) is 8.89. The van der Waals surface area contributed by atoms with Crippen LogP contribution in [0, 0.1) is 10.1 Å². The third-order valence-electron chi connectivity index (χ3n) is 4.75. The smallest absolute Gasteiger partial charge is 0.337 e. The minimum Gasteiger partial charge on any atom is -0.478 e. The Morgan fingerprint density at radius 2 is 1.80 bits per heavy atom. The second-order valence-corrected chi connectivity index (χ2v) is 7.33. The predicted octanol–water partition coefficient (Wildman–Crippen LogP) is 3.17. The molecule has 0 amide bonds. The van der Waals surface area contributed by atoms with E-state index >= 15 is 0 Å². The van der Waals surface area contributed by atoms with Gasteiger partial charge in [0.15, 0.2) is 0 Å². The van der Waals surface area contributed by atoms with Gasteiger partial charge in [0.25, 0.3) is 5.69 Å². The lowest BCUT2D eigenvalue weighted by atomic mass is 9.79. The summed E-state index contributed by atoms with van der Waals surface area (Å²) in [5.41, 5.74) is 0.600. The number of allylic oxidation sites excluding steroid dienone is 2. The van der Waals surface area contributed by atoms with Crippen LogP contribution in [0.3, 0.4) is 0 Å². The molecule has 0 aliphatic carbocycles. The highest BCUT2D eigenvalue weighted by Crippen LogP contribution is 2.43. The quantitative estimate of drug-likeness (QED) is 0.408. The number of non-ortho nitro benzene ring substituents is 1. The van der Waals surface area contributed by atoms with Gasteiger partial charge in [-0.3, -0.25) is 14.9 Å². The number of carbonyl (C=O) groups is 3. The van der Waals surface area contributed by atoms with Gasteiger partial charge in [-0.1, -0.05) is 12.1 Å². The van der Waals surface area contributed by atoms with Crippen LogP contribution in [0.1, 0.15) is 46.1 Å². The molecule has 0 spiro atoms. The number of carboxylic acids is 1. The highest BCUT2D eigenvalue weighted by molar-refractivity contribution is 5.99. The number of rotatable bonds is 7. The van der Waals surface area contributed by atoms with Crippen LogP contribution >= 0.6 is 0 Å². The highest BCUT2D eigenvalue weighted by atomic mass is 16.6. The molecular weight excluding hydrogens is 392 g/mol. The van der Waals surface area contributed by atoms with Crippen molar-refractivity contribution in [2.75, 3.05) is 6.54 Å². The van der Waals surface area contributed by atoms with Gasteiger partial charge in [-0.15, -0.1) is 0 Å². The van der Waals surface area contributed by atoms with Gasteiger partial charge >= 0.3 is 11.9 Å². The maximum Gasteiger partial charge on any atom is 0.337 e. The molecule has 1 atom stereocenters. The Hall–Kier alpha value is -3.49. The van der Waals surface area contributed by atoms with Crippen LogP contribution in [-0.4, -0.2) is 45.3 Å². The average molecular weight is 416 g/mol. The third-order valence-corrected chi connectivity index (χ3v) is 4.75. The summed E-state index contributed by atoms with van der Waals surface area (Å²) in [7, 11) is 0.